The first kappa shape index (κ1) is 17.0. The number of nitrogens with zero attached hydrogens (tertiary/aromatic N) is 1. The number of ether oxygens (including phenoxy) is 1. The van der Waals surface area contributed by atoms with Gasteiger partial charge in [-0.15, -0.1) is 0 Å². The summed E-state index contributed by atoms with van der Waals surface area (Å²) >= 11 is 0. The monoisotopic (exact) mass is 312 g/mol. The van der Waals surface area contributed by atoms with E-state index in [2.05, 4.69) is 17.5 Å². The molecule has 4 nitrogen and oxygen atoms in total. The van der Waals surface area contributed by atoms with Crippen molar-refractivity contribution in [3.8, 4) is 5.75 Å². The number of hydrogen-bond acceptors (Lipinski definition) is 3. The van der Waals surface area contributed by atoms with Crippen molar-refractivity contribution in [2.75, 3.05) is 6.61 Å². The third-order valence-electron chi connectivity index (χ3n) is 3.66. The number of amides is 1. The molecule has 0 radical (unpaired) electrons. The van der Waals surface area contributed by atoms with E-state index < -0.39 is 0 Å². The third-order valence-corrected chi connectivity index (χ3v) is 3.66. The van der Waals surface area contributed by atoms with Gasteiger partial charge >= 0.3 is 0 Å². The van der Waals surface area contributed by atoms with Gasteiger partial charge in [0, 0.05) is 5.71 Å². The molecule has 0 aliphatic rings. The van der Waals surface area contributed by atoms with Gasteiger partial charge < -0.3 is 4.74 Å². The number of unbranched alkanes of at least 4 members (excludes halogenated alkanes) is 1. The van der Waals surface area contributed by atoms with Gasteiger partial charge in [0.1, 0.15) is 5.75 Å². The number of hydrogen-bond donors (Lipinski definition) is 1. The molecule has 2 aromatic carbocycles. The molecule has 0 bridgehead atoms. The molecule has 0 saturated heterocycles. The van der Waals surface area contributed by atoms with E-state index in [1.54, 1.807) is 0 Å². The Balaban J connectivity index is 1.86. The zero-order valence-corrected chi connectivity index (χ0v) is 13.8. The molecule has 0 fully saturated rings. The van der Waals surface area contributed by atoms with Crippen molar-refractivity contribution in [3.63, 3.8) is 0 Å². The van der Waals surface area contributed by atoms with Crippen LogP contribution in [0.4, 0.5) is 0 Å². The van der Waals surface area contributed by atoms with Crippen LogP contribution in [0.15, 0.2) is 47.6 Å². The Labute approximate surface area is 137 Å². The summed E-state index contributed by atoms with van der Waals surface area (Å²) in [5.74, 6) is 0.449. The van der Waals surface area contributed by atoms with Crippen LogP contribution in [-0.4, -0.2) is 18.2 Å². The molecule has 4 heteroatoms. The maximum absolute atomic E-state index is 11.8. The van der Waals surface area contributed by atoms with Crippen LogP contribution in [0.25, 0.3) is 10.8 Å². The quantitative estimate of drug-likeness (QED) is 0.584. The van der Waals surface area contributed by atoms with Crippen molar-refractivity contribution >= 4 is 22.4 Å². The molecule has 0 unspecified atom stereocenters. The fraction of sp³-hybridized carbons (Fsp3) is 0.368. The van der Waals surface area contributed by atoms with Crippen molar-refractivity contribution in [2.45, 2.75) is 39.5 Å². The first-order valence-electron chi connectivity index (χ1n) is 8.18. The first-order valence-corrected chi connectivity index (χ1v) is 8.18. The van der Waals surface area contributed by atoms with Crippen molar-refractivity contribution in [1.29, 1.82) is 0 Å². The number of carbonyl (C=O) groups is 1. The molecule has 0 saturated carbocycles. The summed E-state index contributed by atoms with van der Waals surface area (Å²) in [6, 6.07) is 13.8. The van der Waals surface area contributed by atoms with E-state index in [9.17, 15) is 4.79 Å². The first-order chi connectivity index (χ1) is 11.2. The molecule has 1 amide bonds. The molecule has 0 aliphatic heterocycles. The predicted molar refractivity (Wildman–Crippen MR) is 94.8 cm³/mol. The fourth-order valence-electron chi connectivity index (χ4n) is 2.27. The topological polar surface area (TPSA) is 50.7 Å². The van der Waals surface area contributed by atoms with Crippen LogP contribution in [0.1, 0.15) is 39.5 Å². The summed E-state index contributed by atoms with van der Waals surface area (Å²) in [7, 11) is 0. The molecule has 0 aliphatic carbocycles. The van der Waals surface area contributed by atoms with Crippen LogP contribution in [0, 0.1) is 0 Å². The van der Waals surface area contributed by atoms with Crippen LogP contribution in [0.3, 0.4) is 0 Å². The van der Waals surface area contributed by atoms with Gasteiger partial charge in [-0.25, -0.2) is 5.43 Å². The summed E-state index contributed by atoms with van der Waals surface area (Å²) in [6.07, 6.45) is 4.00. The number of fused-ring (bicyclic) bond motifs is 1. The van der Waals surface area contributed by atoms with Gasteiger partial charge in [-0.1, -0.05) is 50.6 Å². The fourth-order valence-corrected chi connectivity index (χ4v) is 2.27. The maximum Gasteiger partial charge on any atom is 0.277 e. The minimum Gasteiger partial charge on any atom is -0.484 e. The average molecular weight is 312 g/mol. The van der Waals surface area contributed by atoms with E-state index in [0.717, 1.165) is 42.2 Å². The summed E-state index contributed by atoms with van der Waals surface area (Å²) in [5.41, 5.74) is 3.59. The third kappa shape index (κ3) is 5.40. The van der Waals surface area contributed by atoms with E-state index in [1.807, 2.05) is 49.4 Å². The van der Waals surface area contributed by atoms with Crippen LogP contribution in [0.2, 0.25) is 0 Å². The van der Waals surface area contributed by atoms with Crippen LogP contribution in [-0.2, 0) is 4.79 Å². The molecular weight excluding hydrogens is 288 g/mol. The lowest BCUT2D eigenvalue weighted by Crippen LogP contribution is -2.25. The molecule has 0 atom stereocenters. The molecule has 122 valence electrons. The van der Waals surface area contributed by atoms with Crippen molar-refractivity contribution in [3.05, 3.63) is 42.5 Å². The minimum absolute atomic E-state index is 0.0351. The molecule has 2 rings (SSSR count). The number of rotatable bonds is 8. The van der Waals surface area contributed by atoms with Crippen molar-refractivity contribution < 1.29 is 9.53 Å². The van der Waals surface area contributed by atoms with Crippen LogP contribution >= 0.6 is 0 Å². The second kappa shape index (κ2) is 8.93. The Morgan fingerprint density at radius 3 is 2.65 bits per heavy atom. The lowest BCUT2D eigenvalue weighted by molar-refractivity contribution is -0.123. The largest absolute Gasteiger partial charge is 0.484 e. The van der Waals surface area contributed by atoms with Gasteiger partial charge in [-0.05, 0) is 42.2 Å². The summed E-state index contributed by atoms with van der Waals surface area (Å²) in [6.45, 7) is 4.15. The van der Waals surface area contributed by atoms with E-state index >= 15 is 0 Å². The van der Waals surface area contributed by atoms with Gasteiger partial charge in [0.25, 0.3) is 5.91 Å². The zero-order valence-electron chi connectivity index (χ0n) is 13.8. The SMILES string of the molecule is CCCC/C(CC)=N/NC(=O)COc1ccc2ccccc2c1. The van der Waals surface area contributed by atoms with E-state index in [-0.39, 0.29) is 12.5 Å². The maximum atomic E-state index is 11.8. The summed E-state index contributed by atoms with van der Waals surface area (Å²) < 4.78 is 5.54. The molecule has 23 heavy (non-hydrogen) atoms. The molecule has 0 aromatic heterocycles. The highest BCUT2D eigenvalue weighted by molar-refractivity contribution is 5.86. The standard InChI is InChI=1S/C19H24N2O2/c1-3-5-10-17(4-2)20-21-19(22)14-23-18-12-11-15-8-6-7-9-16(15)13-18/h6-9,11-13H,3-5,10,14H2,1-2H3,(H,21,22)/b20-17+. The Hall–Kier alpha value is -2.36. The second-order valence-electron chi connectivity index (χ2n) is 5.47. The van der Waals surface area contributed by atoms with Gasteiger partial charge in [0.15, 0.2) is 6.61 Å². The van der Waals surface area contributed by atoms with Crippen molar-refractivity contribution in [1.82, 2.24) is 5.43 Å². The summed E-state index contributed by atoms with van der Waals surface area (Å²) in [5, 5.41) is 6.42. The number of carbonyl (C=O) groups excluding carboxylic acids is 1. The highest BCUT2D eigenvalue weighted by atomic mass is 16.5. The summed E-state index contributed by atoms with van der Waals surface area (Å²) in [4.78, 5) is 11.8. The number of hydrazone groups is 1. The molecular formula is C19H24N2O2. The van der Waals surface area contributed by atoms with E-state index in [0.29, 0.717) is 5.75 Å². The van der Waals surface area contributed by atoms with E-state index in [4.69, 9.17) is 4.74 Å². The van der Waals surface area contributed by atoms with Gasteiger partial charge in [-0.2, -0.15) is 5.10 Å². The zero-order chi connectivity index (χ0) is 16.5. The Bertz CT molecular complexity index is 680. The van der Waals surface area contributed by atoms with Crippen LogP contribution < -0.4 is 10.2 Å². The number of benzene rings is 2. The molecule has 0 spiro atoms. The Kier molecular flexibility index (Phi) is 6.60. The van der Waals surface area contributed by atoms with Gasteiger partial charge in [0.05, 0.1) is 0 Å². The number of nitrogens with one attached hydrogen (secondary N) is 1. The highest BCUT2D eigenvalue weighted by Gasteiger charge is 2.04. The predicted octanol–water partition coefficient (Wildman–Crippen LogP) is 4.29. The average Bonchev–Trinajstić information content (AvgIpc) is 2.60. The Morgan fingerprint density at radius 2 is 1.91 bits per heavy atom. The molecule has 2 aromatic rings. The van der Waals surface area contributed by atoms with Gasteiger partial charge in [0.2, 0.25) is 0 Å². The van der Waals surface area contributed by atoms with Crippen LogP contribution in [0.5, 0.6) is 5.75 Å². The normalized spacial score (nSPS) is 11.5. The Morgan fingerprint density at radius 1 is 1.13 bits per heavy atom. The smallest absolute Gasteiger partial charge is 0.277 e. The molecule has 0 heterocycles. The minimum atomic E-state index is -0.236. The highest BCUT2D eigenvalue weighted by Crippen LogP contribution is 2.20. The van der Waals surface area contributed by atoms with Crippen molar-refractivity contribution in [2.24, 2.45) is 5.10 Å². The van der Waals surface area contributed by atoms with Gasteiger partial charge in [-0.3, -0.25) is 4.79 Å². The lowest BCUT2D eigenvalue weighted by atomic mass is 10.1. The van der Waals surface area contributed by atoms with E-state index in [1.165, 1.54) is 0 Å². The lowest BCUT2D eigenvalue weighted by Gasteiger charge is -2.07. The second-order valence-corrected chi connectivity index (χ2v) is 5.47. The molecule has 1 N–H and O–H groups in total.